The Bertz CT molecular complexity index is 1080. The van der Waals surface area contributed by atoms with Gasteiger partial charge in [-0.15, -0.1) is 0 Å². The van der Waals surface area contributed by atoms with E-state index < -0.39 is 15.9 Å². The SMILES string of the molecule is C=C(C)c1coc(S(=N)(=O)NC(=O)Nc2c([C@@H](C)C3CC3)ccc3c2CCC3)c1. The third kappa shape index (κ3) is 3.96. The second-order valence-corrected chi connectivity index (χ2v) is 9.91. The van der Waals surface area contributed by atoms with Crippen molar-refractivity contribution in [3.8, 4) is 0 Å². The summed E-state index contributed by atoms with van der Waals surface area (Å²) in [5.74, 6) is 1.02. The predicted molar refractivity (Wildman–Crippen MR) is 114 cm³/mol. The minimum Gasteiger partial charge on any atom is -0.452 e. The molecule has 154 valence electrons. The van der Waals surface area contributed by atoms with Crippen molar-refractivity contribution in [2.24, 2.45) is 5.92 Å². The molecule has 1 aromatic heterocycles. The predicted octanol–water partition coefficient (Wildman–Crippen LogP) is 5.46. The van der Waals surface area contributed by atoms with Gasteiger partial charge in [-0.05, 0) is 73.1 Å². The summed E-state index contributed by atoms with van der Waals surface area (Å²) >= 11 is 0. The van der Waals surface area contributed by atoms with Crippen molar-refractivity contribution in [2.45, 2.75) is 57.0 Å². The van der Waals surface area contributed by atoms with Crippen LogP contribution in [0.5, 0.6) is 0 Å². The Labute approximate surface area is 171 Å². The molecule has 1 unspecified atom stereocenters. The lowest BCUT2D eigenvalue weighted by Crippen LogP contribution is -2.34. The summed E-state index contributed by atoms with van der Waals surface area (Å²) in [6, 6.07) is 5.13. The molecule has 1 fully saturated rings. The second-order valence-electron chi connectivity index (χ2n) is 8.19. The lowest BCUT2D eigenvalue weighted by molar-refractivity contribution is 0.256. The molecule has 0 radical (unpaired) electrons. The van der Waals surface area contributed by atoms with E-state index in [2.05, 4.69) is 35.7 Å². The number of benzene rings is 1. The van der Waals surface area contributed by atoms with E-state index >= 15 is 0 Å². The van der Waals surface area contributed by atoms with Crippen LogP contribution in [0.1, 0.15) is 61.3 Å². The second kappa shape index (κ2) is 7.37. The van der Waals surface area contributed by atoms with E-state index in [0.29, 0.717) is 17.4 Å². The van der Waals surface area contributed by atoms with Gasteiger partial charge in [0, 0.05) is 17.3 Å². The number of allylic oxidation sites excluding steroid dienone is 1. The van der Waals surface area contributed by atoms with Crippen LogP contribution in [-0.4, -0.2) is 10.2 Å². The number of hydrogen-bond donors (Lipinski definition) is 3. The van der Waals surface area contributed by atoms with Crippen molar-refractivity contribution in [1.82, 2.24) is 4.72 Å². The van der Waals surface area contributed by atoms with Crippen molar-refractivity contribution in [3.63, 3.8) is 0 Å². The van der Waals surface area contributed by atoms with E-state index in [1.54, 1.807) is 6.92 Å². The van der Waals surface area contributed by atoms with Gasteiger partial charge in [-0.1, -0.05) is 25.6 Å². The summed E-state index contributed by atoms with van der Waals surface area (Å²) in [5, 5.41) is 2.83. The molecule has 1 heterocycles. The Kier molecular flexibility index (Phi) is 5.02. The third-order valence-electron chi connectivity index (χ3n) is 5.96. The number of carbonyl (C=O) groups excluding carboxylic acids is 1. The first-order valence-electron chi connectivity index (χ1n) is 10.0. The number of hydrogen-bond acceptors (Lipinski definition) is 4. The smallest absolute Gasteiger partial charge is 0.332 e. The summed E-state index contributed by atoms with van der Waals surface area (Å²) in [6.45, 7) is 7.79. The Morgan fingerprint density at radius 3 is 2.76 bits per heavy atom. The molecule has 1 saturated carbocycles. The van der Waals surface area contributed by atoms with Crippen LogP contribution in [0.15, 0.2) is 40.6 Å². The van der Waals surface area contributed by atoms with Crippen LogP contribution in [0.2, 0.25) is 0 Å². The zero-order chi connectivity index (χ0) is 20.8. The van der Waals surface area contributed by atoms with Crippen molar-refractivity contribution >= 4 is 27.2 Å². The van der Waals surface area contributed by atoms with Crippen LogP contribution in [0, 0.1) is 10.7 Å². The summed E-state index contributed by atoms with van der Waals surface area (Å²) in [6.07, 6.45) is 6.83. The minimum absolute atomic E-state index is 0.0875. The molecule has 7 heteroatoms. The van der Waals surface area contributed by atoms with Gasteiger partial charge in [0.15, 0.2) is 9.92 Å². The van der Waals surface area contributed by atoms with E-state index in [1.807, 2.05) is 0 Å². The highest BCUT2D eigenvalue weighted by Gasteiger charge is 2.32. The third-order valence-corrected chi connectivity index (χ3v) is 7.21. The Hall–Kier alpha value is -2.54. The zero-order valence-corrected chi connectivity index (χ0v) is 17.7. The van der Waals surface area contributed by atoms with E-state index in [1.165, 1.54) is 36.3 Å². The van der Waals surface area contributed by atoms with Crippen LogP contribution >= 0.6 is 0 Å². The molecule has 0 aliphatic heterocycles. The number of nitrogens with one attached hydrogen (secondary N) is 3. The Balaban J connectivity index is 1.58. The maximum Gasteiger partial charge on any atom is 0.332 e. The molecule has 0 spiro atoms. The minimum atomic E-state index is -3.61. The van der Waals surface area contributed by atoms with Crippen LogP contribution in [0.25, 0.3) is 5.57 Å². The molecule has 6 nitrogen and oxygen atoms in total. The summed E-state index contributed by atoms with van der Waals surface area (Å²) in [4.78, 5) is 12.7. The molecular formula is C22H27N3O3S. The fourth-order valence-corrected chi connectivity index (χ4v) is 4.96. The van der Waals surface area contributed by atoms with Crippen molar-refractivity contribution in [1.29, 1.82) is 4.78 Å². The van der Waals surface area contributed by atoms with Gasteiger partial charge in [-0.3, -0.25) is 0 Å². The van der Waals surface area contributed by atoms with E-state index in [-0.39, 0.29) is 5.09 Å². The molecule has 0 saturated heterocycles. The number of fused-ring (bicyclic) bond motifs is 1. The van der Waals surface area contributed by atoms with E-state index in [9.17, 15) is 9.00 Å². The van der Waals surface area contributed by atoms with Gasteiger partial charge in [0.2, 0.25) is 5.09 Å². The molecule has 3 N–H and O–H groups in total. The lowest BCUT2D eigenvalue weighted by atomic mass is 9.91. The number of furan rings is 1. The van der Waals surface area contributed by atoms with Crippen molar-refractivity contribution in [2.75, 3.05) is 5.32 Å². The van der Waals surface area contributed by atoms with E-state index in [0.717, 1.165) is 36.1 Å². The number of aryl methyl sites for hydroxylation is 1. The van der Waals surface area contributed by atoms with Gasteiger partial charge in [0.25, 0.3) is 0 Å². The summed E-state index contributed by atoms with van der Waals surface area (Å²) in [5.41, 5.74) is 5.78. The number of rotatable bonds is 6. The quantitative estimate of drug-likeness (QED) is 0.587. The Morgan fingerprint density at radius 2 is 2.10 bits per heavy atom. The first kappa shape index (κ1) is 19.8. The molecule has 2 aliphatic rings. The van der Waals surface area contributed by atoms with Crippen LogP contribution in [0.4, 0.5) is 10.5 Å². The molecule has 2 amide bonds. The zero-order valence-electron chi connectivity index (χ0n) is 16.8. The Morgan fingerprint density at radius 1 is 1.34 bits per heavy atom. The van der Waals surface area contributed by atoms with Crippen LogP contribution in [-0.2, 0) is 22.8 Å². The van der Waals surface area contributed by atoms with Crippen LogP contribution < -0.4 is 10.0 Å². The molecule has 2 aliphatic carbocycles. The first-order chi connectivity index (χ1) is 13.8. The molecule has 29 heavy (non-hydrogen) atoms. The van der Waals surface area contributed by atoms with Crippen molar-refractivity contribution < 1.29 is 13.4 Å². The van der Waals surface area contributed by atoms with Gasteiger partial charge in [-0.25, -0.2) is 18.5 Å². The number of anilines is 1. The average molecular weight is 414 g/mol. The molecule has 0 bridgehead atoms. The normalized spacial score (nSPS) is 18.6. The highest BCUT2D eigenvalue weighted by Crippen LogP contribution is 2.46. The maximum absolute atomic E-state index is 12.8. The maximum atomic E-state index is 12.8. The van der Waals surface area contributed by atoms with E-state index in [4.69, 9.17) is 9.20 Å². The highest BCUT2D eigenvalue weighted by atomic mass is 32.2. The van der Waals surface area contributed by atoms with Crippen molar-refractivity contribution in [3.05, 3.63) is 53.3 Å². The molecule has 2 aromatic rings. The average Bonchev–Trinajstić information content (AvgIpc) is 3.17. The first-order valence-corrected chi connectivity index (χ1v) is 11.6. The molecular weight excluding hydrogens is 386 g/mol. The highest BCUT2D eigenvalue weighted by molar-refractivity contribution is 7.91. The topological polar surface area (TPSA) is 95.2 Å². The summed E-state index contributed by atoms with van der Waals surface area (Å²) in [7, 11) is -3.61. The monoisotopic (exact) mass is 413 g/mol. The fourth-order valence-electron chi connectivity index (χ4n) is 4.07. The standard InChI is InChI=1S/C22H27N3O3S/c1-13(2)17-11-20(28-12-17)29(23,27)25-22(26)24-21-18(14(3)15-7-8-15)10-9-16-5-4-6-19(16)21/h9-12,14-15H,1,4-8H2,2-3H3,(H3,23,24,25,26,27)/t14-,29?/m0/s1. The molecule has 4 rings (SSSR count). The van der Waals surface area contributed by atoms with Gasteiger partial charge in [-0.2, -0.15) is 0 Å². The van der Waals surface area contributed by atoms with Gasteiger partial charge in [0.1, 0.15) is 0 Å². The van der Waals surface area contributed by atoms with Crippen LogP contribution in [0.3, 0.4) is 0 Å². The molecule has 2 atom stereocenters. The molecule has 1 aromatic carbocycles. The largest absolute Gasteiger partial charge is 0.452 e. The summed E-state index contributed by atoms with van der Waals surface area (Å²) < 4.78 is 28.4. The lowest BCUT2D eigenvalue weighted by Gasteiger charge is -2.20. The number of carbonyl (C=O) groups is 1. The van der Waals surface area contributed by atoms with Gasteiger partial charge in [0.05, 0.1) is 6.26 Å². The van der Waals surface area contributed by atoms with Gasteiger partial charge < -0.3 is 9.73 Å². The fraction of sp³-hybridized carbons (Fsp3) is 0.409. The number of urea groups is 1. The number of amides is 2. The van der Waals surface area contributed by atoms with Gasteiger partial charge >= 0.3 is 6.03 Å².